The third-order valence-electron chi connectivity index (χ3n) is 4.38. The van der Waals surface area contributed by atoms with Crippen LogP contribution in [0.15, 0.2) is 5.38 Å². The van der Waals surface area contributed by atoms with E-state index in [-0.39, 0.29) is 0 Å². The Bertz CT molecular complexity index is 391. The molecule has 1 aromatic heterocycles. The second-order valence-electron chi connectivity index (χ2n) is 5.71. The van der Waals surface area contributed by atoms with Gasteiger partial charge in [-0.1, -0.05) is 6.92 Å². The normalized spacial score (nSPS) is 31.2. The Kier molecular flexibility index (Phi) is 3.68. The zero-order valence-corrected chi connectivity index (χ0v) is 12.2. The molecule has 100 valence electrons. The van der Waals surface area contributed by atoms with Gasteiger partial charge >= 0.3 is 0 Å². The molecule has 1 aromatic rings. The molecular weight excluding hydrogens is 242 g/mol. The van der Waals surface area contributed by atoms with Gasteiger partial charge in [0.25, 0.3) is 0 Å². The molecule has 2 atom stereocenters. The van der Waals surface area contributed by atoms with Crippen molar-refractivity contribution < 1.29 is 0 Å². The molecule has 0 spiro atoms. The first-order valence-corrected chi connectivity index (χ1v) is 8.03. The molecule has 3 nitrogen and oxygen atoms in total. The third-order valence-corrected chi connectivity index (χ3v) is 5.33. The van der Waals surface area contributed by atoms with Gasteiger partial charge in [-0.2, -0.15) is 0 Å². The lowest BCUT2D eigenvalue weighted by Crippen LogP contribution is -2.47. The van der Waals surface area contributed by atoms with Gasteiger partial charge in [-0.15, -0.1) is 11.3 Å². The summed E-state index contributed by atoms with van der Waals surface area (Å²) < 4.78 is 0. The molecule has 2 aliphatic rings. The Balaban J connectivity index is 1.65. The summed E-state index contributed by atoms with van der Waals surface area (Å²) in [4.78, 5) is 7.24. The van der Waals surface area contributed by atoms with Gasteiger partial charge in [0.05, 0.1) is 6.54 Å². The number of hydrogen-bond donors (Lipinski definition) is 1. The number of fused-ring (bicyclic) bond motifs is 2. The number of nitrogens with one attached hydrogen (secondary N) is 1. The summed E-state index contributed by atoms with van der Waals surface area (Å²) >= 11 is 1.81. The average molecular weight is 265 g/mol. The van der Waals surface area contributed by atoms with Crippen molar-refractivity contribution in [3.05, 3.63) is 16.1 Å². The number of thiazole rings is 1. The minimum atomic E-state index is 0.762. The molecule has 2 saturated heterocycles. The predicted octanol–water partition coefficient (Wildman–Crippen LogP) is 2.56. The van der Waals surface area contributed by atoms with E-state index in [2.05, 4.69) is 34.4 Å². The van der Waals surface area contributed by atoms with Gasteiger partial charge in [0, 0.05) is 29.2 Å². The van der Waals surface area contributed by atoms with Crippen LogP contribution in [-0.4, -0.2) is 34.6 Å². The summed E-state index contributed by atoms with van der Waals surface area (Å²) in [6, 6.07) is 2.32. The Morgan fingerprint density at radius 2 is 2.11 bits per heavy atom. The number of aryl methyl sites for hydroxylation is 1. The largest absolute Gasteiger partial charge is 0.311 e. The van der Waals surface area contributed by atoms with E-state index < -0.39 is 0 Å². The molecule has 0 aromatic carbocycles. The smallest absolute Gasteiger partial charge is 0.107 e. The quantitative estimate of drug-likeness (QED) is 0.907. The van der Waals surface area contributed by atoms with Gasteiger partial charge in [-0.3, -0.25) is 4.90 Å². The first-order valence-electron chi connectivity index (χ1n) is 7.15. The van der Waals surface area contributed by atoms with Crippen molar-refractivity contribution in [2.45, 2.75) is 64.2 Å². The van der Waals surface area contributed by atoms with Crippen LogP contribution in [0.2, 0.25) is 0 Å². The minimum absolute atomic E-state index is 0.762. The number of rotatable bonds is 4. The molecule has 3 rings (SSSR count). The van der Waals surface area contributed by atoms with Gasteiger partial charge in [0.15, 0.2) is 0 Å². The van der Waals surface area contributed by atoms with Crippen molar-refractivity contribution in [3.63, 3.8) is 0 Å². The van der Waals surface area contributed by atoms with Crippen molar-refractivity contribution in [2.75, 3.05) is 6.54 Å². The fourth-order valence-corrected chi connectivity index (χ4v) is 4.27. The molecule has 2 unspecified atom stereocenters. The lowest BCUT2D eigenvalue weighted by Gasteiger charge is -2.36. The highest BCUT2D eigenvalue weighted by Crippen LogP contribution is 2.30. The van der Waals surface area contributed by atoms with E-state index in [1.165, 1.54) is 30.7 Å². The van der Waals surface area contributed by atoms with Crippen molar-refractivity contribution in [2.24, 2.45) is 0 Å². The van der Waals surface area contributed by atoms with Crippen molar-refractivity contribution in [1.29, 1.82) is 0 Å². The van der Waals surface area contributed by atoms with Crippen LogP contribution in [0.1, 0.15) is 43.3 Å². The van der Waals surface area contributed by atoms with Gasteiger partial charge in [0.2, 0.25) is 0 Å². The van der Waals surface area contributed by atoms with E-state index in [4.69, 9.17) is 0 Å². The second-order valence-corrected chi connectivity index (χ2v) is 6.65. The molecule has 0 aliphatic carbocycles. The first kappa shape index (κ1) is 12.6. The second kappa shape index (κ2) is 5.27. The maximum absolute atomic E-state index is 4.61. The van der Waals surface area contributed by atoms with Gasteiger partial charge in [0.1, 0.15) is 5.01 Å². The van der Waals surface area contributed by atoms with E-state index in [9.17, 15) is 0 Å². The van der Waals surface area contributed by atoms with Crippen molar-refractivity contribution in [1.82, 2.24) is 15.2 Å². The zero-order chi connectivity index (χ0) is 12.5. The molecular formula is C14H23N3S. The van der Waals surface area contributed by atoms with Crippen LogP contribution in [0.3, 0.4) is 0 Å². The molecule has 2 fully saturated rings. The Labute approximate surface area is 114 Å². The molecule has 1 N–H and O–H groups in total. The van der Waals surface area contributed by atoms with Crippen molar-refractivity contribution >= 4 is 11.3 Å². The van der Waals surface area contributed by atoms with E-state index in [1.54, 1.807) is 11.3 Å². The van der Waals surface area contributed by atoms with Crippen LogP contribution in [0.25, 0.3) is 0 Å². The lowest BCUT2D eigenvalue weighted by atomic mass is 9.98. The van der Waals surface area contributed by atoms with E-state index in [0.717, 1.165) is 36.9 Å². The topological polar surface area (TPSA) is 28.2 Å². The maximum atomic E-state index is 4.61. The van der Waals surface area contributed by atoms with E-state index in [0.29, 0.717) is 0 Å². The molecule has 2 bridgehead atoms. The zero-order valence-electron chi connectivity index (χ0n) is 11.4. The highest BCUT2D eigenvalue weighted by Gasteiger charge is 2.35. The Morgan fingerprint density at radius 3 is 2.67 bits per heavy atom. The summed E-state index contributed by atoms with van der Waals surface area (Å²) in [5, 5.41) is 7.17. The van der Waals surface area contributed by atoms with Gasteiger partial charge < -0.3 is 5.32 Å². The van der Waals surface area contributed by atoms with Gasteiger partial charge in [-0.05, 0) is 39.2 Å². The third kappa shape index (κ3) is 2.60. The summed E-state index contributed by atoms with van der Waals surface area (Å²) in [6.45, 7) is 6.55. The van der Waals surface area contributed by atoms with Crippen LogP contribution < -0.4 is 5.32 Å². The molecule has 18 heavy (non-hydrogen) atoms. The minimum Gasteiger partial charge on any atom is -0.311 e. The summed E-state index contributed by atoms with van der Waals surface area (Å²) in [6.07, 6.45) is 5.42. The van der Waals surface area contributed by atoms with Crippen LogP contribution in [0.4, 0.5) is 0 Å². The lowest BCUT2D eigenvalue weighted by molar-refractivity contribution is 0.140. The molecule has 4 heteroatoms. The predicted molar refractivity (Wildman–Crippen MR) is 75.9 cm³/mol. The number of aromatic nitrogens is 1. The van der Waals surface area contributed by atoms with Crippen LogP contribution in [0.5, 0.6) is 0 Å². The first-order chi connectivity index (χ1) is 8.74. The molecule has 0 saturated carbocycles. The standard InChI is InChI=1S/C14H23N3S/c1-3-17(8-14-15-10(2)9-18-14)13-6-11-4-5-12(7-13)16-11/h9,11-13,16H,3-8H2,1-2H3. The fraction of sp³-hybridized carbons (Fsp3) is 0.786. The highest BCUT2D eigenvalue weighted by atomic mass is 32.1. The number of nitrogens with zero attached hydrogens (tertiary/aromatic N) is 2. The fourth-order valence-electron chi connectivity index (χ4n) is 3.47. The Morgan fingerprint density at radius 1 is 1.39 bits per heavy atom. The number of piperidine rings is 1. The summed E-state index contributed by atoms with van der Waals surface area (Å²) in [7, 11) is 0. The number of hydrogen-bond acceptors (Lipinski definition) is 4. The summed E-state index contributed by atoms with van der Waals surface area (Å²) in [5.74, 6) is 0. The van der Waals surface area contributed by atoms with Crippen LogP contribution >= 0.6 is 11.3 Å². The van der Waals surface area contributed by atoms with Crippen LogP contribution in [0, 0.1) is 6.92 Å². The highest BCUT2D eigenvalue weighted by molar-refractivity contribution is 7.09. The van der Waals surface area contributed by atoms with E-state index >= 15 is 0 Å². The SMILES string of the molecule is CCN(Cc1nc(C)cs1)C1CC2CCC(C1)N2. The summed E-state index contributed by atoms with van der Waals surface area (Å²) in [5.41, 5.74) is 1.16. The van der Waals surface area contributed by atoms with Gasteiger partial charge in [-0.25, -0.2) is 4.98 Å². The average Bonchev–Trinajstić information content (AvgIpc) is 2.92. The molecule has 0 radical (unpaired) electrons. The monoisotopic (exact) mass is 265 g/mol. The molecule has 0 amide bonds. The maximum Gasteiger partial charge on any atom is 0.107 e. The Hall–Kier alpha value is -0.450. The van der Waals surface area contributed by atoms with Crippen molar-refractivity contribution in [3.8, 4) is 0 Å². The molecule has 2 aliphatic heterocycles. The van der Waals surface area contributed by atoms with Crippen LogP contribution in [-0.2, 0) is 6.54 Å². The van der Waals surface area contributed by atoms with E-state index in [1.807, 2.05) is 0 Å². The molecule has 3 heterocycles.